The van der Waals surface area contributed by atoms with Crippen LogP contribution in [0.3, 0.4) is 0 Å². The maximum Gasteiger partial charge on any atom is 0.265 e. The van der Waals surface area contributed by atoms with Crippen molar-refractivity contribution < 1.29 is 19.1 Å². The van der Waals surface area contributed by atoms with Crippen molar-refractivity contribution >= 4 is 23.2 Å². The van der Waals surface area contributed by atoms with Crippen LogP contribution in [0.5, 0.6) is 11.5 Å². The zero-order valence-electron chi connectivity index (χ0n) is 15.9. The van der Waals surface area contributed by atoms with E-state index in [0.29, 0.717) is 48.2 Å². The topological polar surface area (TPSA) is 72.0 Å². The van der Waals surface area contributed by atoms with Crippen LogP contribution < -0.4 is 9.47 Å². The van der Waals surface area contributed by atoms with E-state index in [2.05, 4.69) is 4.98 Å². The minimum atomic E-state index is -0.0278. The van der Waals surface area contributed by atoms with Crippen LogP contribution in [0.4, 0.5) is 0 Å². The molecule has 3 rings (SSSR count). The third-order valence-corrected chi connectivity index (χ3v) is 5.83. The number of thiazole rings is 1. The fourth-order valence-electron chi connectivity index (χ4n) is 3.06. The highest BCUT2D eigenvalue weighted by Gasteiger charge is 2.26. The average Bonchev–Trinajstić information content (AvgIpc) is 3.08. The second kappa shape index (κ2) is 7.96. The fraction of sp³-hybridized carbons (Fsp3) is 0.421. The molecule has 1 aliphatic rings. The number of methoxy groups -OCH3 is 2. The van der Waals surface area contributed by atoms with Crippen molar-refractivity contribution in [3.05, 3.63) is 28.8 Å². The molecule has 0 radical (unpaired) electrons. The number of carbonyl (C=O) groups excluding carboxylic acids is 2. The smallest absolute Gasteiger partial charge is 0.265 e. The molecule has 1 aromatic heterocycles. The van der Waals surface area contributed by atoms with Gasteiger partial charge in [-0.05, 0) is 25.1 Å². The summed E-state index contributed by atoms with van der Waals surface area (Å²) >= 11 is 1.37. The molecule has 27 heavy (non-hydrogen) atoms. The Balaban J connectivity index is 1.80. The number of aryl methyl sites for hydroxylation is 1. The molecule has 1 fully saturated rings. The largest absolute Gasteiger partial charge is 0.493 e. The van der Waals surface area contributed by atoms with Crippen LogP contribution in [0, 0.1) is 6.92 Å². The van der Waals surface area contributed by atoms with Gasteiger partial charge in [0.1, 0.15) is 9.88 Å². The summed E-state index contributed by atoms with van der Waals surface area (Å²) in [5.41, 5.74) is 1.59. The van der Waals surface area contributed by atoms with Gasteiger partial charge in [-0.25, -0.2) is 4.98 Å². The summed E-state index contributed by atoms with van der Waals surface area (Å²) < 4.78 is 10.6. The molecule has 0 aliphatic carbocycles. The van der Waals surface area contributed by atoms with E-state index in [9.17, 15) is 9.59 Å². The van der Waals surface area contributed by atoms with E-state index in [-0.39, 0.29) is 11.8 Å². The highest BCUT2D eigenvalue weighted by atomic mass is 32.1. The molecule has 0 atom stereocenters. The molecule has 1 saturated heterocycles. The van der Waals surface area contributed by atoms with Crippen LogP contribution in [-0.2, 0) is 4.79 Å². The summed E-state index contributed by atoms with van der Waals surface area (Å²) in [6.07, 6.45) is 0. The van der Waals surface area contributed by atoms with Crippen molar-refractivity contribution in [3.63, 3.8) is 0 Å². The van der Waals surface area contributed by atoms with Crippen LogP contribution in [-0.4, -0.2) is 67.0 Å². The predicted octanol–water partition coefficient (Wildman–Crippen LogP) is 2.44. The van der Waals surface area contributed by atoms with Gasteiger partial charge in [0.2, 0.25) is 5.91 Å². The van der Waals surface area contributed by atoms with E-state index in [1.165, 1.54) is 11.3 Å². The molecule has 2 heterocycles. The molecule has 0 N–H and O–H groups in total. The lowest BCUT2D eigenvalue weighted by molar-refractivity contribution is -0.130. The Morgan fingerprint density at radius 1 is 1.04 bits per heavy atom. The summed E-state index contributed by atoms with van der Waals surface area (Å²) in [6.45, 7) is 5.63. The van der Waals surface area contributed by atoms with Crippen LogP contribution >= 0.6 is 11.3 Å². The Morgan fingerprint density at radius 2 is 1.67 bits per heavy atom. The van der Waals surface area contributed by atoms with E-state index < -0.39 is 0 Å². The molecule has 0 saturated carbocycles. The number of hydrogen-bond acceptors (Lipinski definition) is 6. The van der Waals surface area contributed by atoms with E-state index in [1.807, 2.05) is 25.1 Å². The second-order valence-corrected chi connectivity index (χ2v) is 7.30. The SMILES string of the molecule is COc1ccc(-c2nc(C)c(C(=O)N3CCN(C(C)=O)CC3)s2)cc1OC. The molecule has 1 aliphatic heterocycles. The Hall–Kier alpha value is -2.61. The van der Waals surface area contributed by atoms with Gasteiger partial charge in [-0.3, -0.25) is 9.59 Å². The zero-order valence-corrected chi connectivity index (χ0v) is 16.8. The summed E-state index contributed by atoms with van der Waals surface area (Å²) in [4.78, 5) is 33.1. The van der Waals surface area contributed by atoms with E-state index >= 15 is 0 Å². The summed E-state index contributed by atoms with van der Waals surface area (Å²) in [5.74, 6) is 1.29. The lowest BCUT2D eigenvalue weighted by Gasteiger charge is -2.34. The molecule has 0 unspecified atom stereocenters. The van der Waals surface area contributed by atoms with Crippen molar-refractivity contribution in [2.24, 2.45) is 0 Å². The van der Waals surface area contributed by atoms with Gasteiger partial charge in [0, 0.05) is 38.7 Å². The highest BCUT2D eigenvalue weighted by Crippen LogP contribution is 2.35. The Kier molecular flexibility index (Phi) is 5.65. The number of ether oxygens (including phenoxy) is 2. The van der Waals surface area contributed by atoms with Crippen LogP contribution in [0.2, 0.25) is 0 Å². The van der Waals surface area contributed by atoms with Gasteiger partial charge < -0.3 is 19.3 Å². The van der Waals surface area contributed by atoms with Crippen LogP contribution in [0.15, 0.2) is 18.2 Å². The fourth-order valence-corrected chi connectivity index (χ4v) is 4.09. The molecule has 8 heteroatoms. The summed E-state index contributed by atoms with van der Waals surface area (Å²) in [7, 11) is 3.18. The van der Waals surface area contributed by atoms with Crippen LogP contribution in [0.1, 0.15) is 22.3 Å². The third-order valence-electron chi connectivity index (χ3n) is 4.63. The monoisotopic (exact) mass is 389 g/mol. The Labute approximate surface area is 162 Å². The standard InChI is InChI=1S/C19H23N3O4S/c1-12-17(19(24)22-9-7-21(8-10-22)13(2)23)27-18(20-12)14-5-6-15(25-3)16(11-14)26-4/h5-6,11H,7-10H2,1-4H3. The third kappa shape index (κ3) is 3.90. The number of rotatable bonds is 4. The van der Waals surface area contributed by atoms with Gasteiger partial charge in [0.25, 0.3) is 5.91 Å². The molecule has 7 nitrogen and oxygen atoms in total. The Bertz CT molecular complexity index is 857. The molecule has 0 spiro atoms. The van der Waals surface area contributed by atoms with Crippen molar-refractivity contribution in [3.8, 4) is 22.1 Å². The molecular weight excluding hydrogens is 366 g/mol. The van der Waals surface area contributed by atoms with Crippen molar-refractivity contribution in [2.75, 3.05) is 40.4 Å². The lowest BCUT2D eigenvalue weighted by Crippen LogP contribution is -2.50. The van der Waals surface area contributed by atoms with Crippen molar-refractivity contribution in [1.29, 1.82) is 0 Å². The van der Waals surface area contributed by atoms with Gasteiger partial charge in [0.15, 0.2) is 11.5 Å². The highest BCUT2D eigenvalue weighted by molar-refractivity contribution is 7.17. The lowest BCUT2D eigenvalue weighted by atomic mass is 10.2. The Morgan fingerprint density at radius 3 is 2.26 bits per heavy atom. The molecule has 2 aromatic rings. The van der Waals surface area contributed by atoms with Crippen LogP contribution in [0.25, 0.3) is 10.6 Å². The minimum Gasteiger partial charge on any atom is -0.493 e. The minimum absolute atomic E-state index is 0.0278. The summed E-state index contributed by atoms with van der Waals surface area (Å²) in [5, 5.41) is 0.763. The molecule has 0 bridgehead atoms. The van der Waals surface area contributed by atoms with E-state index in [1.54, 1.807) is 30.9 Å². The molecule has 144 valence electrons. The number of benzene rings is 1. The zero-order chi connectivity index (χ0) is 19.6. The first-order chi connectivity index (χ1) is 12.9. The van der Waals surface area contributed by atoms with Gasteiger partial charge in [-0.2, -0.15) is 0 Å². The predicted molar refractivity (Wildman–Crippen MR) is 104 cm³/mol. The number of hydrogen-bond donors (Lipinski definition) is 0. The summed E-state index contributed by atoms with van der Waals surface area (Å²) in [6, 6.07) is 5.59. The number of amides is 2. The number of carbonyl (C=O) groups is 2. The van der Waals surface area contributed by atoms with Gasteiger partial charge in [-0.1, -0.05) is 0 Å². The first kappa shape index (κ1) is 19.2. The van der Waals surface area contributed by atoms with Crippen molar-refractivity contribution in [1.82, 2.24) is 14.8 Å². The van der Waals surface area contributed by atoms with Gasteiger partial charge in [-0.15, -0.1) is 11.3 Å². The van der Waals surface area contributed by atoms with Gasteiger partial charge >= 0.3 is 0 Å². The normalized spacial score (nSPS) is 14.2. The second-order valence-electron chi connectivity index (χ2n) is 6.30. The molecular formula is C19H23N3O4S. The average molecular weight is 389 g/mol. The van der Waals surface area contributed by atoms with Gasteiger partial charge in [0.05, 0.1) is 19.9 Å². The molecule has 1 aromatic carbocycles. The van der Waals surface area contributed by atoms with E-state index in [4.69, 9.17) is 9.47 Å². The number of aromatic nitrogens is 1. The maximum atomic E-state index is 12.9. The quantitative estimate of drug-likeness (QED) is 0.803. The first-order valence-corrected chi connectivity index (χ1v) is 9.51. The maximum absolute atomic E-state index is 12.9. The number of nitrogens with zero attached hydrogens (tertiary/aromatic N) is 3. The van der Waals surface area contributed by atoms with Crippen molar-refractivity contribution in [2.45, 2.75) is 13.8 Å². The number of piperazine rings is 1. The first-order valence-electron chi connectivity index (χ1n) is 8.69. The van der Waals surface area contributed by atoms with E-state index in [0.717, 1.165) is 10.6 Å². The molecule has 2 amide bonds.